The van der Waals surface area contributed by atoms with E-state index in [1.54, 1.807) is 0 Å². The van der Waals surface area contributed by atoms with Gasteiger partial charge in [0.05, 0.1) is 0 Å². The molecule has 0 unspecified atom stereocenters. The normalized spacial score (nSPS) is 20.1. The summed E-state index contributed by atoms with van der Waals surface area (Å²) in [6.45, 7) is 6.21. The molecule has 1 aliphatic rings. The zero-order valence-corrected chi connectivity index (χ0v) is 9.89. The van der Waals surface area contributed by atoms with Crippen molar-refractivity contribution in [2.24, 2.45) is 0 Å². The molecule has 0 spiro atoms. The second-order valence-electron chi connectivity index (χ2n) is 4.47. The minimum atomic E-state index is 0.780. The predicted octanol–water partition coefficient (Wildman–Crippen LogP) is 2.25. The molecule has 84 valence electrons. The first-order valence-corrected chi connectivity index (χ1v) is 6.26. The van der Waals surface area contributed by atoms with Gasteiger partial charge in [0.25, 0.3) is 0 Å². The predicted molar refractivity (Wildman–Crippen MR) is 62.7 cm³/mol. The van der Waals surface area contributed by atoms with Crippen LogP contribution in [0, 0.1) is 0 Å². The van der Waals surface area contributed by atoms with Crippen molar-refractivity contribution in [2.75, 3.05) is 26.7 Å². The van der Waals surface area contributed by atoms with Crippen LogP contribution in [-0.4, -0.2) is 37.6 Å². The van der Waals surface area contributed by atoms with Crippen LogP contribution in [0.4, 0.5) is 0 Å². The summed E-state index contributed by atoms with van der Waals surface area (Å²) in [7, 11) is 2.08. The Morgan fingerprint density at radius 3 is 2.43 bits per heavy atom. The van der Waals surface area contributed by atoms with Crippen LogP contribution in [0.2, 0.25) is 0 Å². The van der Waals surface area contributed by atoms with Gasteiger partial charge in [0.15, 0.2) is 0 Å². The molecule has 2 nitrogen and oxygen atoms in total. The number of rotatable bonds is 6. The molecule has 0 aromatic heterocycles. The smallest absolute Gasteiger partial charge is 0.00884 e. The third kappa shape index (κ3) is 4.43. The van der Waals surface area contributed by atoms with Gasteiger partial charge in [0.1, 0.15) is 0 Å². The van der Waals surface area contributed by atoms with E-state index in [1.807, 2.05) is 0 Å². The lowest BCUT2D eigenvalue weighted by Crippen LogP contribution is -2.41. The zero-order chi connectivity index (χ0) is 10.2. The number of hydrogen-bond donors (Lipinski definition) is 1. The maximum Gasteiger partial charge on any atom is 0.00884 e. The lowest BCUT2D eigenvalue weighted by molar-refractivity contribution is 0.198. The minimum absolute atomic E-state index is 0.780. The highest BCUT2D eigenvalue weighted by Gasteiger charge is 2.16. The Balaban J connectivity index is 1.98. The number of likely N-dealkylation sites (tertiary alicyclic amines) is 1. The molecule has 1 rings (SSSR count). The molecule has 14 heavy (non-hydrogen) atoms. The second kappa shape index (κ2) is 7.24. The Morgan fingerprint density at radius 1 is 1.14 bits per heavy atom. The summed E-state index contributed by atoms with van der Waals surface area (Å²) < 4.78 is 0. The average molecular weight is 198 g/mol. The van der Waals surface area contributed by atoms with E-state index < -0.39 is 0 Å². The van der Waals surface area contributed by atoms with Crippen molar-refractivity contribution in [3.63, 3.8) is 0 Å². The summed E-state index contributed by atoms with van der Waals surface area (Å²) in [4.78, 5) is 2.63. The first-order chi connectivity index (χ1) is 6.86. The van der Waals surface area contributed by atoms with E-state index in [4.69, 9.17) is 0 Å². The molecule has 0 amide bonds. The van der Waals surface area contributed by atoms with Gasteiger partial charge in [0, 0.05) is 6.04 Å². The van der Waals surface area contributed by atoms with Crippen molar-refractivity contribution in [1.29, 1.82) is 0 Å². The second-order valence-corrected chi connectivity index (χ2v) is 4.47. The van der Waals surface area contributed by atoms with E-state index in [2.05, 4.69) is 24.2 Å². The summed E-state index contributed by atoms with van der Waals surface area (Å²) >= 11 is 0. The molecule has 0 radical (unpaired) electrons. The molecule has 0 bridgehead atoms. The van der Waals surface area contributed by atoms with Gasteiger partial charge < -0.3 is 10.2 Å². The molecular weight excluding hydrogens is 172 g/mol. The van der Waals surface area contributed by atoms with Crippen molar-refractivity contribution in [3.05, 3.63) is 0 Å². The van der Waals surface area contributed by atoms with Gasteiger partial charge >= 0.3 is 0 Å². The first-order valence-electron chi connectivity index (χ1n) is 6.26. The van der Waals surface area contributed by atoms with Crippen LogP contribution < -0.4 is 5.32 Å². The summed E-state index contributed by atoms with van der Waals surface area (Å²) in [6.07, 6.45) is 8.25. The topological polar surface area (TPSA) is 15.3 Å². The quantitative estimate of drug-likeness (QED) is 0.659. The molecule has 0 aliphatic carbocycles. The van der Waals surface area contributed by atoms with Crippen molar-refractivity contribution >= 4 is 0 Å². The van der Waals surface area contributed by atoms with Crippen molar-refractivity contribution in [3.8, 4) is 0 Å². The number of piperidine rings is 1. The molecule has 1 aliphatic heterocycles. The summed E-state index contributed by atoms with van der Waals surface area (Å²) in [5.41, 5.74) is 0. The Kier molecular flexibility index (Phi) is 6.20. The molecule has 1 heterocycles. The molecule has 0 aromatic carbocycles. The highest BCUT2D eigenvalue weighted by molar-refractivity contribution is 4.75. The van der Waals surface area contributed by atoms with Crippen LogP contribution >= 0.6 is 0 Å². The fourth-order valence-corrected chi connectivity index (χ4v) is 2.21. The molecule has 0 saturated carbocycles. The van der Waals surface area contributed by atoms with Gasteiger partial charge in [-0.15, -0.1) is 0 Å². The molecule has 1 N–H and O–H groups in total. The van der Waals surface area contributed by atoms with Gasteiger partial charge in [0.2, 0.25) is 0 Å². The number of nitrogens with one attached hydrogen (secondary N) is 1. The van der Waals surface area contributed by atoms with Crippen molar-refractivity contribution in [1.82, 2.24) is 10.2 Å². The molecular formula is C12H26N2. The molecule has 1 saturated heterocycles. The van der Waals surface area contributed by atoms with Crippen molar-refractivity contribution < 1.29 is 0 Å². The molecule has 2 heteroatoms. The van der Waals surface area contributed by atoms with E-state index >= 15 is 0 Å². The van der Waals surface area contributed by atoms with Crippen LogP contribution in [-0.2, 0) is 0 Å². The van der Waals surface area contributed by atoms with Crippen LogP contribution in [0.3, 0.4) is 0 Å². The first kappa shape index (κ1) is 12.0. The van der Waals surface area contributed by atoms with E-state index in [-0.39, 0.29) is 0 Å². The highest BCUT2D eigenvalue weighted by atomic mass is 15.1. The lowest BCUT2D eigenvalue weighted by Gasteiger charge is -2.31. The summed E-state index contributed by atoms with van der Waals surface area (Å²) in [5, 5.41) is 3.37. The summed E-state index contributed by atoms with van der Waals surface area (Å²) in [5.74, 6) is 0. The van der Waals surface area contributed by atoms with Gasteiger partial charge in [-0.3, -0.25) is 0 Å². The Bertz CT molecular complexity index is 128. The minimum Gasteiger partial charge on any atom is -0.317 e. The number of nitrogens with zero attached hydrogens (tertiary/aromatic N) is 1. The standard InChI is InChI=1S/C12H26N2/c1-3-4-5-6-9-14-10-7-12(13-2)8-11-14/h12-13H,3-11H2,1-2H3. The highest BCUT2D eigenvalue weighted by Crippen LogP contribution is 2.11. The molecule has 0 atom stereocenters. The Morgan fingerprint density at radius 2 is 1.86 bits per heavy atom. The van der Waals surface area contributed by atoms with Gasteiger partial charge in [-0.1, -0.05) is 26.2 Å². The molecule has 0 aromatic rings. The largest absolute Gasteiger partial charge is 0.317 e. The number of hydrogen-bond acceptors (Lipinski definition) is 2. The Hall–Kier alpha value is -0.0800. The maximum absolute atomic E-state index is 3.37. The monoisotopic (exact) mass is 198 g/mol. The average Bonchev–Trinajstić information content (AvgIpc) is 2.25. The third-order valence-corrected chi connectivity index (χ3v) is 3.32. The van der Waals surface area contributed by atoms with E-state index in [0.29, 0.717) is 0 Å². The van der Waals surface area contributed by atoms with Crippen LogP contribution in [0.15, 0.2) is 0 Å². The van der Waals surface area contributed by atoms with Gasteiger partial charge in [-0.25, -0.2) is 0 Å². The Labute approximate surface area is 89.1 Å². The number of unbranched alkanes of at least 4 members (excludes halogenated alkanes) is 3. The van der Waals surface area contributed by atoms with Crippen LogP contribution in [0.5, 0.6) is 0 Å². The van der Waals surface area contributed by atoms with Crippen LogP contribution in [0.1, 0.15) is 45.4 Å². The van der Waals surface area contributed by atoms with E-state index in [1.165, 1.54) is 58.2 Å². The fraction of sp³-hybridized carbons (Fsp3) is 1.00. The zero-order valence-electron chi connectivity index (χ0n) is 9.89. The summed E-state index contributed by atoms with van der Waals surface area (Å²) in [6, 6.07) is 0.780. The van der Waals surface area contributed by atoms with E-state index in [9.17, 15) is 0 Å². The van der Waals surface area contributed by atoms with Gasteiger partial charge in [-0.05, 0) is 45.9 Å². The van der Waals surface area contributed by atoms with Crippen LogP contribution in [0.25, 0.3) is 0 Å². The lowest BCUT2D eigenvalue weighted by atomic mass is 10.0. The third-order valence-electron chi connectivity index (χ3n) is 3.32. The SMILES string of the molecule is CCCCCCN1CCC(NC)CC1. The van der Waals surface area contributed by atoms with Crippen molar-refractivity contribution in [2.45, 2.75) is 51.5 Å². The van der Waals surface area contributed by atoms with Gasteiger partial charge in [-0.2, -0.15) is 0 Å². The maximum atomic E-state index is 3.37. The molecule has 1 fully saturated rings. The fourth-order valence-electron chi connectivity index (χ4n) is 2.21. The van der Waals surface area contributed by atoms with E-state index in [0.717, 1.165) is 6.04 Å².